The Morgan fingerprint density at radius 3 is 2.55 bits per heavy atom. The molecular weight excluding hydrogens is 482 g/mol. The molecule has 0 fully saturated rings. The number of anilines is 2. The Labute approximate surface area is 220 Å². The molecule has 1 atom stereocenters. The molecule has 9 heteroatoms. The van der Waals surface area contributed by atoms with Crippen LogP contribution in [0, 0.1) is 0 Å². The summed E-state index contributed by atoms with van der Waals surface area (Å²) in [5.74, 6) is 2.92. The minimum atomic E-state index is -0.549. The van der Waals surface area contributed by atoms with Gasteiger partial charge in [0.25, 0.3) is 5.91 Å². The topological polar surface area (TPSA) is 99.5 Å². The number of hydrogen-bond acceptors (Lipinski definition) is 7. The molecule has 1 aromatic heterocycles. The summed E-state index contributed by atoms with van der Waals surface area (Å²) in [6, 6.07) is 22.2. The number of nitrogens with one attached hydrogen (secondary N) is 2. The van der Waals surface area contributed by atoms with Crippen LogP contribution in [0.5, 0.6) is 17.2 Å². The number of ether oxygens (including phenoxy) is 3. The van der Waals surface area contributed by atoms with Crippen LogP contribution >= 0.6 is 0 Å². The standard InChI is InChI=1S/C29H27N5O4/c1-18-25(28(35)31-21-10-12-22(36-2)13-11-21)26(20-9-14-23-24(17-20)38-16-6-15-37-23)34-29(30-18)32-27(33-34)19-7-4-3-5-8-19/h3-5,7-14,17,26H,6,15-16H2,1-2H3,(H,31,35)(H,30,32,33). The number of carbonyl (C=O) groups excluding carboxylic acids is 1. The molecule has 4 aromatic rings. The Morgan fingerprint density at radius 2 is 1.79 bits per heavy atom. The van der Waals surface area contributed by atoms with Gasteiger partial charge in [-0.25, -0.2) is 4.68 Å². The second-order valence-electron chi connectivity index (χ2n) is 9.08. The molecule has 0 saturated carbocycles. The van der Waals surface area contributed by atoms with Crippen LogP contribution in [0.25, 0.3) is 11.4 Å². The lowest BCUT2D eigenvalue weighted by Gasteiger charge is -2.29. The van der Waals surface area contributed by atoms with Crippen molar-refractivity contribution in [2.24, 2.45) is 0 Å². The molecule has 0 radical (unpaired) electrons. The molecule has 6 rings (SSSR count). The van der Waals surface area contributed by atoms with Gasteiger partial charge in [-0.15, -0.1) is 5.10 Å². The van der Waals surface area contributed by atoms with E-state index in [1.165, 1.54) is 0 Å². The predicted molar refractivity (Wildman–Crippen MR) is 144 cm³/mol. The first kappa shape index (κ1) is 23.6. The van der Waals surface area contributed by atoms with Gasteiger partial charge < -0.3 is 24.8 Å². The van der Waals surface area contributed by atoms with Crippen molar-refractivity contribution in [1.29, 1.82) is 0 Å². The van der Waals surface area contributed by atoms with E-state index in [-0.39, 0.29) is 5.91 Å². The summed E-state index contributed by atoms with van der Waals surface area (Å²) < 4.78 is 18.8. The van der Waals surface area contributed by atoms with Crippen molar-refractivity contribution in [3.63, 3.8) is 0 Å². The SMILES string of the molecule is COc1ccc(NC(=O)C2=C(C)Nc3nc(-c4ccccc4)nn3C2c2ccc3c(c2)OCCCO3)cc1. The van der Waals surface area contributed by atoms with Gasteiger partial charge in [0.1, 0.15) is 11.8 Å². The number of methoxy groups -OCH3 is 1. The Morgan fingerprint density at radius 1 is 1.03 bits per heavy atom. The average Bonchev–Trinajstić information content (AvgIpc) is 3.22. The summed E-state index contributed by atoms with van der Waals surface area (Å²) in [6.45, 7) is 3.04. The van der Waals surface area contributed by atoms with Crippen LogP contribution in [0.1, 0.15) is 24.9 Å². The maximum Gasteiger partial charge on any atom is 0.255 e. The van der Waals surface area contributed by atoms with Crippen molar-refractivity contribution in [1.82, 2.24) is 14.8 Å². The molecule has 2 N–H and O–H groups in total. The highest BCUT2D eigenvalue weighted by Crippen LogP contribution is 2.40. The summed E-state index contributed by atoms with van der Waals surface area (Å²) in [6.07, 6.45) is 0.805. The number of aromatic nitrogens is 3. The number of rotatable bonds is 5. The van der Waals surface area contributed by atoms with Crippen LogP contribution in [-0.4, -0.2) is 41.0 Å². The first-order chi connectivity index (χ1) is 18.6. The lowest BCUT2D eigenvalue weighted by atomic mass is 9.94. The minimum absolute atomic E-state index is 0.250. The zero-order valence-electron chi connectivity index (χ0n) is 21.1. The maximum absolute atomic E-state index is 13.8. The zero-order chi connectivity index (χ0) is 26.1. The third kappa shape index (κ3) is 4.43. The highest BCUT2D eigenvalue weighted by molar-refractivity contribution is 6.06. The molecule has 0 spiro atoms. The van der Waals surface area contributed by atoms with E-state index in [2.05, 4.69) is 10.6 Å². The summed E-state index contributed by atoms with van der Waals surface area (Å²) in [5, 5.41) is 11.2. The smallest absolute Gasteiger partial charge is 0.255 e. The van der Waals surface area contributed by atoms with Gasteiger partial charge in [-0.05, 0) is 48.9 Å². The number of fused-ring (bicyclic) bond motifs is 2. The van der Waals surface area contributed by atoms with Gasteiger partial charge in [0.05, 0.1) is 25.9 Å². The first-order valence-corrected chi connectivity index (χ1v) is 12.5. The number of hydrogen-bond donors (Lipinski definition) is 2. The molecule has 3 heterocycles. The number of benzene rings is 3. The van der Waals surface area contributed by atoms with E-state index >= 15 is 0 Å². The van der Waals surface area contributed by atoms with Crippen LogP contribution in [0.15, 0.2) is 84.1 Å². The maximum atomic E-state index is 13.8. The Bertz CT molecular complexity index is 1510. The number of allylic oxidation sites excluding steroid dienone is 1. The van der Waals surface area contributed by atoms with E-state index in [0.29, 0.717) is 59.2 Å². The first-order valence-electron chi connectivity index (χ1n) is 12.5. The summed E-state index contributed by atoms with van der Waals surface area (Å²) in [7, 11) is 1.61. The third-order valence-corrected chi connectivity index (χ3v) is 6.56. The number of nitrogens with zero attached hydrogens (tertiary/aromatic N) is 3. The second kappa shape index (κ2) is 9.93. The highest BCUT2D eigenvalue weighted by atomic mass is 16.5. The van der Waals surface area contributed by atoms with Crippen LogP contribution < -0.4 is 24.8 Å². The molecule has 3 aromatic carbocycles. The molecule has 0 aliphatic carbocycles. The number of amides is 1. The molecule has 192 valence electrons. The van der Waals surface area contributed by atoms with Crippen molar-refractivity contribution in [2.75, 3.05) is 31.0 Å². The average molecular weight is 510 g/mol. The van der Waals surface area contributed by atoms with Crippen molar-refractivity contribution in [3.05, 3.63) is 89.6 Å². The van der Waals surface area contributed by atoms with Crippen molar-refractivity contribution in [2.45, 2.75) is 19.4 Å². The van der Waals surface area contributed by atoms with E-state index in [0.717, 1.165) is 17.5 Å². The molecular formula is C29H27N5O4. The number of carbonyl (C=O) groups is 1. The van der Waals surface area contributed by atoms with E-state index in [1.54, 1.807) is 36.1 Å². The predicted octanol–water partition coefficient (Wildman–Crippen LogP) is 5.04. The van der Waals surface area contributed by atoms with Gasteiger partial charge in [-0.2, -0.15) is 4.98 Å². The fourth-order valence-electron chi connectivity index (χ4n) is 4.69. The lowest BCUT2D eigenvalue weighted by Crippen LogP contribution is -2.31. The molecule has 0 bridgehead atoms. The normalized spacial score (nSPS) is 16.2. The van der Waals surface area contributed by atoms with E-state index in [9.17, 15) is 4.79 Å². The zero-order valence-corrected chi connectivity index (χ0v) is 21.1. The van der Waals surface area contributed by atoms with Crippen molar-refractivity contribution in [3.8, 4) is 28.6 Å². The molecule has 0 saturated heterocycles. The van der Waals surface area contributed by atoms with Gasteiger partial charge in [-0.1, -0.05) is 36.4 Å². The van der Waals surface area contributed by atoms with Crippen LogP contribution in [0.3, 0.4) is 0 Å². The molecule has 2 aliphatic rings. The quantitative estimate of drug-likeness (QED) is 0.389. The molecule has 1 unspecified atom stereocenters. The van der Waals surface area contributed by atoms with E-state index in [1.807, 2.05) is 55.5 Å². The summed E-state index contributed by atoms with van der Waals surface area (Å²) in [4.78, 5) is 18.5. The second-order valence-corrected chi connectivity index (χ2v) is 9.08. The Hall–Kier alpha value is -4.79. The van der Waals surface area contributed by atoms with Crippen molar-refractivity contribution >= 4 is 17.5 Å². The molecule has 38 heavy (non-hydrogen) atoms. The molecule has 9 nitrogen and oxygen atoms in total. The van der Waals surface area contributed by atoms with Crippen LogP contribution in [0.2, 0.25) is 0 Å². The van der Waals surface area contributed by atoms with Gasteiger partial charge in [0.15, 0.2) is 17.3 Å². The Balaban J connectivity index is 1.43. The summed E-state index contributed by atoms with van der Waals surface area (Å²) >= 11 is 0. The fraction of sp³-hybridized carbons (Fsp3) is 0.207. The van der Waals surface area contributed by atoms with Gasteiger partial charge >= 0.3 is 0 Å². The largest absolute Gasteiger partial charge is 0.497 e. The van der Waals surface area contributed by atoms with Gasteiger partial charge in [0, 0.05) is 23.4 Å². The third-order valence-electron chi connectivity index (χ3n) is 6.56. The molecule has 1 amide bonds. The lowest BCUT2D eigenvalue weighted by molar-refractivity contribution is -0.113. The van der Waals surface area contributed by atoms with Gasteiger partial charge in [-0.3, -0.25) is 4.79 Å². The highest BCUT2D eigenvalue weighted by Gasteiger charge is 2.35. The Kier molecular flexibility index (Phi) is 6.17. The van der Waals surface area contributed by atoms with E-state index in [4.69, 9.17) is 24.3 Å². The van der Waals surface area contributed by atoms with Crippen molar-refractivity contribution < 1.29 is 19.0 Å². The fourth-order valence-corrected chi connectivity index (χ4v) is 4.69. The minimum Gasteiger partial charge on any atom is -0.497 e. The van der Waals surface area contributed by atoms with E-state index < -0.39 is 6.04 Å². The van der Waals surface area contributed by atoms with Crippen LogP contribution in [-0.2, 0) is 4.79 Å². The van der Waals surface area contributed by atoms with Gasteiger partial charge in [0.2, 0.25) is 5.95 Å². The van der Waals surface area contributed by atoms with Crippen LogP contribution in [0.4, 0.5) is 11.6 Å². The summed E-state index contributed by atoms with van der Waals surface area (Å²) in [5.41, 5.74) is 3.58. The monoisotopic (exact) mass is 509 g/mol. The molecule has 2 aliphatic heterocycles.